The lowest BCUT2D eigenvalue weighted by atomic mass is 10.0. The van der Waals surface area contributed by atoms with E-state index >= 15 is 0 Å². The first-order valence-corrected chi connectivity index (χ1v) is 9.80. The molecule has 2 aromatic rings. The van der Waals surface area contributed by atoms with E-state index in [0.717, 1.165) is 11.8 Å². The maximum absolute atomic E-state index is 12.5. The molecule has 14 heteroatoms. The van der Waals surface area contributed by atoms with Gasteiger partial charge in [-0.15, -0.1) is 0 Å². The molecule has 4 amide bonds. The standard InChI is InChI=1S/C16H18N6O7S/c1-2-16(13(26)20-15(28)21-14(16)27)30-11-7-10(17-4-18-11)22(5-19-7)12-9(25)8(24)6(3-23)29-12/h4-6,8-9,12,23-25H,2-3H2,1H3,(H2,20,21,26,27,28)/t6-,8+,9+,12-/m0/s1. The number of nitrogens with one attached hydrogen (secondary N) is 2. The quantitative estimate of drug-likeness (QED) is 0.257. The van der Waals surface area contributed by atoms with Crippen LogP contribution < -0.4 is 10.6 Å². The average Bonchev–Trinajstić information content (AvgIpc) is 3.26. The van der Waals surface area contributed by atoms with Gasteiger partial charge in [0.15, 0.2) is 16.6 Å². The molecule has 30 heavy (non-hydrogen) atoms. The SMILES string of the molecule is CCC1(Sc2ncnc3c2ncn3[C@H]2O[C@@H](CO)[C@@H](O)[C@H]2O)C(=O)NC(=O)NC1=O. The number of imidazole rings is 1. The van der Waals surface area contributed by atoms with Crippen LogP contribution in [0.2, 0.25) is 0 Å². The number of imide groups is 2. The maximum Gasteiger partial charge on any atom is 0.328 e. The third-order valence-electron chi connectivity index (χ3n) is 5.07. The second-order valence-corrected chi connectivity index (χ2v) is 8.04. The molecule has 0 aliphatic carbocycles. The lowest BCUT2D eigenvalue weighted by Crippen LogP contribution is -2.64. The van der Waals surface area contributed by atoms with Gasteiger partial charge in [0.05, 0.1) is 12.9 Å². The summed E-state index contributed by atoms with van der Waals surface area (Å²) >= 11 is 0.826. The van der Waals surface area contributed by atoms with Crippen LogP contribution in [0.4, 0.5) is 4.79 Å². The maximum atomic E-state index is 12.5. The van der Waals surface area contributed by atoms with Gasteiger partial charge in [0.1, 0.15) is 35.2 Å². The molecular weight excluding hydrogens is 420 g/mol. The minimum atomic E-state index is -1.64. The topological polar surface area (TPSA) is 189 Å². The first-order chi connectivity index (χ1) is 14.3. The van der Waals surface area contributed by atoms with Crippen LogP contribution in [0.25, 0.3) is 11.2 Å². The fraction of sp³-hybridized carbons (Fsp3) is 0.500. The number of ether oxygens (including phenoxy) is 1. The lowest BCUT2D eigenvalue weighted by molar-refractivity contribution is -0.133. The molecule has 0 radical (unpaired) electrons. The summed E-state index contributed by atoms with van der Waals surface area (Å²) in [5, 5.41) is 33.9. The fourth-order valence-electron chi connectivity index (χ4n) is 3.39. The number of amides is 4. The Morgan fingerprint density at radius 2 is 1.87 bits per heavy atom. The summed E-state index contributed by atoms with van der Waals surface area (Å²) in [4.78, 5) is 48.9. The van der Waals surface area contributed by atoms with Gasteiger partial charge in [-0.1, -0.05) is 18.7 Å². The van der Waals surface area contributed by atoms with E-state index < -0.39 is 53.7 Å². The smallest absolute Gasteiger partial charge is 0.328 e. The van der Waals surface area contributed by atoms with Gasteiger partial charge in [0, 0.05) is 0 Å². The molecule has 0 saturated carbocycles. The number of nitrogens with zero attached hydrogens (tertiary/aromatic N) is 4. The molecule has 4 atom stereocenters. The van der Waals surface area contributed by atoms with Gasteiger partial charge < -0.3 is 20.1 Å². The molecular formula is C16H18N6O7S. The van der Waals surface area contributed by atoms with Crippen molar-refractivity contribution in [2.75, 3.05) is 6.61 Å². The van der Waals surface area contributed by atoms with Gasteiger partial charge in [-0.25, -0.2) is 19.7 Å². The number of thioether (sulfide) groups is 1. The molecule has 2 fully saturated rings. The normalized spacial score (nSPS) is 28.6. The van der Waals surface area contributed by atoms with Crippen molar-refractivity contribution in [2.24, 2.45) is 0 Å². The van der Waals surface area contributed by atoms with E-state index in [4.69, 9.17) is 4.74 Å². The van der Waals surface area contributed by atoms with Gasteiger partial charge in [0.25, 0.3) is 11.8 Å². The van der Waals surface area contributed by atoms with Crippen LogP contribution in [0.5, 0.6) is 0 Å². The zero-order valence-electron chi connectivity index (χ0n) is 15.6. The van der Waals surface area contributed by atoms with E-state index in [1.807, 2.05) is 0 Å². The Kier molecular flexibility index (Phi) is 5.19. The van der Waals surface area contributed by atoms with Crippen molar-refractivity contribution in [2.45, 2.75) is 47.7 Å². The predicted octanol–water partition coefficient (Wildman–Crippen LogP) is -1.96. The minimum Gasteiger partial charge on any atom is -0.394 e. The molecule has 2 aliphatic heterocycles. The molecule has 2 saturated heterocycles. The number of urea groups is 1. The Morgan fingerprint density at radius 1 is 1.17 bits per heavy atom. The highest BCUT2D eigenvalue weighted by molar-refractivity contribution is 8.02. The summed E-state index contributed by atoms with van der Waals surface area (Å²) in [7, 11) is 0. The number of carbonyl (C=O) groups excluding carboxylic acids is 3. The molecule has 0 spiro atoms. The molecule has 0 bridgehead atoms. The highest BCUT2D eigenvalue weighted by atomic mass is 32.2. The Morgan fingerprint density at radius 3 is 2.47 bits per heavy atom. The summed E-state index contributed by atoms with van der Waals surface area (Å²) in [6, 6.07) is -0.892. The van der Waals surface area contributed by atoms with E-state index in [1.54, 1.807) is 6.92 Å². The number of aromatic nitrogens is 4. The molecule has 4 rings (SSSR count). The van der Waals surface area contributed by atoms with E-state index in [2.05, 4.69) is 25.6 Å². The van der Waals surface area contributed by atoms with Gasteiger partial charge >= 0.3 is 6.03 Å². The predicted molar refractivity (Wildman–Crippen MR) is 98.9 cm³/mol. The van der Waals surface area contributed by atoms with Crippen LogP contribution >= 0.6 is 11.8 Å². The van der Waals surface area contributed by atoms with Crippen molar-refractivity contribution in [1.29, 1.82) is 0 Å². The number of carbonyl (C=O) groups is 3. The molecule has 0 aromatic carbocycles. The highest BCUT2D eigenvalue weighted by Gasteiger charge is 2.51. The molecule has 13 nitrogen and oxygen atoms in total. The van der Waals surface area contributed by atoms with Crippen LogP contribution in [-0.2, 0) is 14.3 Å². The number of rotatable bonds is 5. The summed E-state index contributed by atoms with van der Waals surface area (Å²) < 4.78 is 5.23. The third kappa shape index (κ3) is 3.04. The summed E-state index contributed by atoms with van der Waals surface area (Å²) in [5.41, 5.74) is 0.451. The van der Waals surface area contributed by atoms with E-state index in [-0.39, 0.29) is 22.6 Å². The monoisotopic (exact) mass is 438 g/mol. The Balaban J connectivity index is 1.72. The second kappa shape index (κ2) is 7.55. The summed E-state index contributed by atoms with van der Waals surface area (Å²) in [6.07, 6.45) is -2.10. The molecule has 2 aliphatic rings. The first-order valence-electron chi connectivity index (χ1n) is 8.98. The van der Waals surface area contributed by atoms with Crippen LogP contribution in [-0.4, -0.2) is 82.3 Å². The second-order valence-electron chi connectivity index (χ2n) is 6.75. The first kappa shape index (κ1) is 20.6. The van der Waals surface area contributed by atoms with E-state index in [1.165, 1.54) is 17.2 Å². The number of fused-ring (bicyclic) bond motifs is 1. The van der Waals surface area contributed by atoms with Crippen LogP contribution in [0.1, 0.15) is 19.6 Å². The van der Waals surface area contributed by atoms with E-state index in [9.17, 15) is 29.7 Å². The molecule has 4 heterocycles. The Bertz CT molecular complexity index is 1010. The number of aliphatic hydroxyl groups excluding tert-OH is 3. The fourth-order valence-corrected chi connectivity index (χ4v) is 4.50. The number of barbiturate groups is 1. The number of hydrogen-bond donors (Lipinski definition) is 5. The molecule has 2 aromatic heterocycles. The number of hydrogen-bond acceptors (Lipinski definition) is 11. The van der Waals surface area contributed by atoms with Crippen molar-refractivity contribution in [3.63, 3.8) is 0 Å². The van der Waals surface area contributed by atoms with Crippen molar-refractivity contribution < 1.29 is 34.4 Å². The molecule has 5 N–H and O–H groups in total. The van der Waals surface area contributed by atoms with Gasteiger partial charge in [-0.3, -0.25) is 24.8 Å². The van der Waals surface area contributed by atoms with Crippen LogP contribution in [0, 0.1) is 0 Å². The summed E-state index contributed by atoms with van der Waals surface area (Å²) in [5.74, 6) is -1.53. The van der Waals surface area contributed by atoms with Crippen molar-refractivity contribution in [3.8, 4) is 0 Å². The molecule has 0 unspecified atom stereocenters. The van der Waals surface area contributed by atoms with Gasteiger partial charge in [0.2, 0.25) is 0 Å². The Labute approximate surface area is 172 Å². The van der Waals surface area contributed by atoms with Crippen LogP contribution in [0.3, 0.4) is 0 Å². The number of aliphatic hydroxyl groups is 3. The van der Waals surface area contributed by atoms with Crippen molar-refractivity contribution >= 4 is 40.8 Å². The minimum absolute atomic E-state index is 0.0731. The van der Waals surface area contributed by atoms with Gasteiger partial charge in [-0.05, 0) is 6.42 Å². The summed E-state index contributed by atoms with van der Waals surface area (Å²) in [6.45, 7) is 1.14. The van der Waals surface area contributed by atoms with Crippen molar-refractivity contribution in [3.05, 3.63) is 12.7 Å². The zero-order chi connectivity index (χ0) is 21.6. The highest BCUT2D eigenvalue weighted by Crippen LogP contribution is 2.39. The zero-order valence-corrected chi connectivity index (χ0v) is 16.4. The average molecular weight is 438 g/mol. The van der Waals surface area contributed by atoms with Gasteiger partial charge in [-0.2, -0.15) is 0 Å². The Hall–Kier alpha value is -2.65. The third-order valence-corrected chi connectivity index (χ3v) is 6.57. The molecule has 160 valence electrons. The largest absolute Gasteiger partial charge is 0.394 e. The van der Waals surface area contributed by atoms with Crippen LogP contribution in [0.15, 0.2) is 17.7 Å². The van der Waals surface area contributed by atoms with E-state index in [0.29, 0.717) is 0 Å². The van der Waals surface area contributed by atoms with Crippen molar-refractivity contribution in [1.82, 2.24) is 30.2 Å². The lowest BCUT2D eigenvalue weighted by Gasteiger charge is -2.31.